The van der Waals surface area contributed by atoms with E-state index in [0.29, 0.717) is 10.6 Å². The lowest BCUT2D eigenvalue weighted by Crippen LogP contribution is -2.19. The topological polar surface area (TPSA) is 72.2 Å². The fourth-order valence-corrected chi connectivity index (χ4v) is 4.91. The molecule has 25 heavy (non-hydrogen) atoms. The second-order valence-electron chi connectivity index (χ2n) is 6.21. The average Bonchev–Trinajstić information content (AvgIpc) is 2.76. The number of rotatable bonds is 5. The van der Waals surface area contributed by atoms with Gasteiger partial charge in [0.25, 0.3) is 5.91 Å². The molecule has 3 rings (SSSR count). The highest BCUT2D eigenvalue weighted by atomic mass is 32.2. The van der Waals surface area contributed by atoms with Crippen LogP contribution < -0.4 is 11.1 Å². The third-order valence-corrected chi connectivity index (χ3v) is 6.40. The molecule has 2 aromatic rings. The van der Waals surface area contributed by atoms with Crippen molar-refractivity contribution in [3.8, 4) is 0 Å². The molecule has 0 radical (unpaired) electrons. The molecular formula is C19H22N2O2S2. The summed E-state index contributed by atoms with van der Waals surface area (Å²) in [4.78, 5) is 26.8. The third-order valence-electron chi connectivity index (χ3n) is 4.44. The molecule has 0 bridgehead atoms. The molecule has 1 aliphatic rings. The van der Waals surface area contributed by atoms with Gasteiger partial charge in [-0.15, -0.1) is 23.1 Å². The van der Waals surface area contributed by atoms with Crippen molar-refractivity contribution in [1.29, 1.82) is 0 Å². The van der Waals surface area contributed by atoms with E-state index in [-0.39, 0.29) is 12.3 Å². The first kappa shape index (κ1) is 18.0. The third kappa shape index (κ3) is 4.25. The van der Waals surface area contributed by atoms with Crippen LogP contribution in [0.5, 0.6) is 0 Å². The quantitative estimate of drug-likeness (QED) is 0.613. The zero-order valence-corrected chi connectivity index (χ0v) is 15.9. The highest BCUT2D eigenvalue weighted by Crippen LogP contribution is 2.37. The molecule has 1 heterocycles. The first-order valence-electron chi connectivity index (χ1n) is 8.45. The van der Waals surface area contributed by atoms with Gasteiger partial charge in [0.2, 0.25) is 5.91 Å². The van der Waals surface area contributed by atoms with Crippen LogP contribution in [-0.4, -0.2) is 18.1 Å². The molecule has 0 fully saturated rings. The van der Waals surface area contributed by atoms with Crippen LogP contribution in [0.25, 0.3) is 0 Å². The summed E-state index contributed by atoms with van der Waals surface area (Å²) in [7, 11) is 0. The van der Waals surface area contributed by atoms with Crippen molar-refractivity contribution in [2.45, 2.75) is 43.4 Å². The minimum Gasteiger partial charge on any atom is -0.365 e. The van der Waals surface area contributed by atoms with Crippen LogP contribution in [0, 0.1) is 0 Å². The van der Waals surface area contributed by atoms with Gasteiger partial charge in [0.15, 0.2) is 0 Å². The summed E-state index contributed by atoms with van der Waals surface area (Å²) in [5.41, 5.74) is 8.13. The Bertz CT molecular complexity index is 781. The van der Waals surface area contributed by atoms with Gasteiger partial charge in [-0.05, 0) is 55.2 Å². The maximum atomic E-state index is 12.4. The largest absolute Gasteiger partial charge is 0.365 e. The zero-order valence-electron chi connectivity index (χ0n) is 14.3. The van der Waals surface area contributed by atoms with Crippen LogP contribution in [0.4, 0.5) is 5.00 Å². The average molecular weight is 375 g/mol. The fraction of sp³-hybridized carbons (Fsp3) is 0.368. The number of nitrogens with two attached hydrogens (primary N) is 1. The first-order valence-corrected chi connectivity index (χ1v) is 10.5. The number of thioether (sulfide) groups is 1. The fourth-order valence-electron chi connectivity index (χ4n) is 3.19. The molecular weight excluding hydrogens is 352 g/mol. The second kappa shape index (κ2) is 8.06. The molecule has 132 valence electrons. The summed E-state index contributed by atoms with van der Waals surface area (Å²) < 4.78 is 0. The van der Waals surface area contributed by atoms with E-state index < -0.39 is 5.91 Å². The second-order valence-corrected chi connectivity index (χ2v) is 8.19. The molecule has 6 heteroatoms. The molecule has 3 N–H and O–H groups in total. The van der Waals surface area contributed by atoms with Gasteiger partial charge in [-0.2, -0.15) is 0 Å². The number of nitrogens with one attached hydrogen (secondary N) is 1. The summed E-state index contributed by atoms with van der Waals surface area (Å²) in [5.74, 6) is -0.560. The number of carbonyl (C=O) groups excluding carboxylic acids is 2. The number of carbonyl (C=O) groups is 2. The predicted octanol–water partition coefficient (Wildman–Crippen LogP) is 4.02. The Kier molecular flexibility index (Phi) is 5.81. The summed E-state index contributed by atoms with van der Waals surface area (Å²) in [6, 6.07) is 7.94. The van der Waals surface area contributed by atoms with Gasteiger partial charge < -0.3 is 11.1 Å². The van der Waals surface area contributed by atoms with Crippen LogP contribution in [0.3, 0.4) is 0 Å². The summed E-state index contributed by atoms with van der Waals surface area (Å²) in [6.07, 6.45) is 7.51. The molecule has 4 nitrogen and oxygen atoms in total. The van der Waals surface area contributed by atoms with Crippen molar-refractivity contribution in [2.75, 3.05) is 11.6 Å². The van der Waals surface area contributed by atoms with Crippen LogP contribution >= 0.6 is 23.1 Å². The maximum Gasteiger partial charge on any atom is 0.251 e. The number of thiophene rings is 1. The van der Waals surface area contributed by atoms with E-state index in [2.05, 4.69) is 5.32 Å². The Morgan fingerprint density at radius 2 is 1.88 bits per heavy atom. The number of aryl methyl sites for hydroxylation is 1. The number of fused-ring (bicyclic) bond motifs is 1. The molecule has 0 saturated carbocycles. The van der Waals surface area contributed by atoms with Crippen molar-refractivity contribution < 1.29 is 9.59 Å². The predicted molar refractivity (Wildman–Crippen MR) is 105 cm³/mol. The Hall–Kier alpha value is -1.79. The maximum absolute atomic E-state index is 12.4. The van der Waals surface area contributed by atoms with Gasteiger partial charge in [-0.1, -0.05) is 18.6 Å². The van der Waals surface area contributed by atoms with Gasteiger partial charge in [0.05, 0.1) is 12.0 Å². The van der Waals surface area contributed by atoms with Crippen molar-refractivity contribution in [3.05, 3.63) is 45.8 Å². The molecule has 1 aliphatic carbocycles. The number of hydrogen-bond acceptors (Lipinski definition) is 4. The van der Waals surface area contributed by atoms with Crippen LogP contribution in [0.2, 0.25) is 0 Å². The Balaban J connectivity index is 1.77. The van der Waals surface area contributed by atoms with Crippen molar-refractivity contribution in [1.82, 2.24) is 0 Å². The Labute approximate surface area is 156 Å². The first-order chi connectivity index (χ1) is 12.1. The lowest BCUT2D eigenvalue weighted by Gasteiger charge is -2.07. The molecule has 0 spiro atoms. The number of hydrogen-bond donors (Lipinski definition) is 2. The summed E-state index contributed by atoms with van der Waals surface area (Å²) >= 11 is 3.18. The van der Waals surface area contributed by atoms with E-state index in [4.69, 9.17) is 5.73 Å². The van der Waals surface area contributed by atoms with E-state index in [1.807, 2.05) is 30.5 Å². The zero-order chi connectivity index (χ0) is 17.8. The smallest absolute Gasteiger partial charge is 0.251 e. The molecule has 0 unspecified atom stereocenters. The lowest BCUT2D eigenvalue weighted by molar-refractivity contribution is -0.115. The molecule has 0 atom stereocenters. The number of anilines is 1. The SMILES string of the molecule is CSc1ccc(CC(=O)Nc2sc3c(c2C(N)=O)CCCCC3)cc1. The van der Waals surface area contributed by atoms with Gasteiger partial charge in [0.1, 0.15) is 5.00 Å². The van der Waals surface area contributed by atoms with Gasteiger partial charge in [0, 0.05) is 9.77 Å². The Morgan fingerprint density at radius 3 is 2.56 bits per heavy atom. The van der Waals surface area contributed by atoms with E-state index in [1.165, 1.54) is 27.5 Å². The minimum atomic E-state index is -0.445. The van der Waals surface area contributed by atoms with E-state index >= 15 is 0 Å². The van der Waals surface area contributed by atoms with Gasteiger partial charge in [-0.3, -0.25) is 9.59 Å². The number of benzene rings is 1. The number of amides is 2. The van der Waals surface area contributed by atoms with Crippen molar-refractivity contribution >= 4 is 39.9 Å². The highest BCUT2D eigenvalue weighted by Gasteiger charge is 2.24. The standard InChI is InChI=1S/C19H22N2O2S2/c1-24-13-9-7-12(8-10-13)11-16(22)21-19-17(18(20)23)14-5-3-2-4-6-15(14)25-19/h7-10H,2-6,11H2,1H3,(H2,20,23)(H,21,22). The monoisotopic (exact) mass is 374 g/mol. The van der Waals surface area contributed by atoms with Gasteiger partial charge >= 0.3 is 0 Å². The molecule has 2 amide bonds. The van der Waals surface area contributed by atoms with Crippen molar-refractivity contribution in [2.24, 2.45) is 5.73 Å². The van der Waals surface area contributed by atoms with E-state index in [9.17, 15) is 9.59 Å². The van der Waals surface area contributed by atoms with Crippen LogP contribution in [0.1, 0.15) is 45.6 Å². The highest BCUT2D eigenvalue weighted by molar-refractivity contribution is 7.98. The van der Waals surface area contributed by atoms with Crippen molar-refractivity contribution in [3.63, 3.8) is 0 Å². The Morgan fingerprint density at radius 1 is 1.16 bits per heavy atom. The van der Waals surface area contributed by atoms with Crippen LogP contribution in [-0.2, 0) is 24.1 Å². The molecule has 0 saturated heterocycles. The van der Waals surface area contributed by atoms with Crippen LogP contribution in [0.15, 0.2) is 29.2 Å². The normalized spacial score (nSPS) is 13.8. The summed E-state index contributed by atoms with van der Waals surface area (Å²) in [6.45, 7) is 0. The molecule has 1 aromatic heterocycles. The van der Waals surface area contributed by atoms with E-state index in [1.54, 1.807) is 11.8 Å². The molecule has 0 aliphatic heterocycles. The number of primary amides is 1. The molecule has 1 aromatic carbocycles. The van der Waals surface area contributed by atoms with Gasteiger partial charge in [-0.25, -0.2) is 0 Å². The van der Waals surface area contributed by atoms with E-state index in [0.717, 1.165) is 36.8 Å². The summed E-state index contributed by atoms with van der Waals surface area (Å²) in [5, 5.41) is 3.54. The lowest BCUT2D eigenvalue weighted by atomic mass is 10.1. The minimum absolute atomic E-state index is 0.115.